The zero-order valence-electron chi connectivity index (χ0n) is 10.4. The van der Waals surface area contributed by atoms with E-state index in [9.17, 15) is 0 Å². The minimum absolute atomic E-state index is 0.530. The van der Waals surface area contributed by atoms with Gasteiger partial charge in [0.25, 0.3) is 0 Å². The predicted molar refractivity (Wildman–Crippen MR) is 75.0 cm³/mol. The van der Waals surface area contributed by atoms with Crippen molar-refractivity contribution in [1.82, 2.24) is 15.1 Å². The smallest absolute Gasteiger partial charge is 0.0767 e. The van der Waals surface area contributed by atoms with Gasteiger partial charge in [0.2, 0.25) is 0 Å². The fourth-order valence-electron chi connectivity index (χ4n) is 1.59. The zero-order chi connectivity index (χ0) is 12.1. The Bertz CT molecular complexity index is 338. The first kappa shape index (κ1) is 14.1. The number of halogens is 1. The summed E-state index contributed by atoms with van der Waals surface area (Å²) in [5, 5.41) is 7.98. The molecule has 1 atom stereocenters. The van der Waals surface area contributed by atoms with E-state index in [2.05, 4.69) is 46.4 Å². The van der Waals surface area contributed by atoms with Gasteiger partial charge in [0.15, 0.2) is 0 Å². The molecule has 0 aliphatic rings. The van der Waals surface area contributed by atoms with Crippen molar-refractivity contribution in [1.29, 1.82) is 0 Å². The van der Waals surface area contributed by atoms with Crippen LogP contribution in [0.1, 0.15) is 25.2 Å². The molecule has 0 amide bonds. The average Bonchev–Trinajstić information content (AvgIpc) is 2.52. The van der Waals surface area contributed by atoms with Crippen LogP contribution in [0.4, 0.5) is 0 Å². The lowest BCUT2D eigenvalue weighted by molar-refractivity contribution is 0.563. The van der Waals surface area contributed by atoms with E-state index in [-0.39, 0.29) is 0 Å². The summed E-state index contributed by atoms with van der Waals surface area (Å²) < 4.78 is 3.11. The molecule has 1 aromatic rings. The summed E-state index contributed by atoms with van der Waals surface area (Å²) >= 11 is 5.49. The highest BCUT2D eigenvalue weighted by Crippen LogP contribution is 2.21. The number of aryl methyl sites for hydroxylation is 2. The molecule has 0 fully saturated rings. The van der Waals surface area contributed by atoms with Crippen LogP contribution in [0.2, 0.25) is 0 Å². The fraction of sp³-hybridized carbons (Fsp3) is 0.727. The van der Waals surface area contributed by atoms with Gasteiger partial charge < -0.3 is 5.32 Å². The van der Waals surface area contributed by atoms with E-state index in [0.717, 1.165) is 28.9 Å². The van der Waals surface area contributed by atoms with Gasteiger partial charge in [0, 0.05) is 25.4 Å². The van der Waals surface area contributed by atoms with Crippen LogP contribution in [0.5, 0.6) is 0 Å². The van der Waals surface area contributed by atoms with E-state index < -0.39 is 0 Å². The van der Waals surface area contributed by atoms with Crippen molar-refractivity contribution in [2.45, 2.75) is 32.9 Å². The maximum absolute atomic E-state index is 4.48. The fourth-order valence-corrected chi connectivity index (χ4v) is 2.97. The Hall–Kier alpha value is -0.000000000000000111. The molecule has 92 valence electrons. The van der Waals surface area contributed by atoms with E-state index in [1.165, 1.54) is 5.69 Å². The Morgan fingerprint density at radius 1 is 1.56 bits per heavy atom. The highest BCUT2D eigenvalue weighted by atomic mass is 79.9. The first-order valence-corrected chi connectivity index (χ1v) is 7.71. The molecule has 0 spiro atoms. The van der Waals surface area contributed by atoms with E-state index >= 15 is 0 Å². The van der Waals surface area contributed by atoms with Crippen molar-refractivity contribution in [2.75, 3.05) is 12.0 Å². The van der Waals surface area contributed by atoms with Gasteiger partial charge in [0.05, 0.1) is 15.9 Å². The molecule has 0 aromatic carbocycles. The topological polar surface area (TPSA) is 29.9 Å². The minimum atomic E-state index is 0.530. The lowest BCUT2D eigenvalue weighted by atomic mass is 10.3. The Morgan fingerprint density at radius 2 is 2.25 bits per heavy atom. The van der Waals surface area contributed by atoms with Crippen LogP contribution in [-0.2, 0) is 20.0 Å². The van der Waals surface area contributed by atoms with Crippen LogP contribution in [0.15, 0.2) is 4.47 Å². The van der Waals surface area contributed by atoms with E-state index in [1.807, 2.05) is 23.5 Å². The number of rotatable bonds is 6. The molecular weight excluding hydrogens is 286 g/mol. The number of aromatic nitrogens is 2. The SMILES string of the molecule is CCc1nn(C)c(CNC(C)CSC)c1Br. The molecule has 1 rings (SSSR count). The number of nitrogens with one attached hydrogen (secondary N) is 1. The van der Waals surface area contributed by atoms with Gasteiger partial charge in [-0.05, 0) is 35.5 Å². The molecule has 16 heavy (non-hydrogen) atoms. The first-order chi connectivity index (χ1) is 7.60. The van der Waals surface area contributed by atoms with E-state index in [0.29, 0.717) is 6.04 Å². The Labute approximate surface area is 110 Å². The Balaban J connectivity index is 2.63. The first-order valence-electron chi connectivity index (χ1n) is 5.52. The van der Waals surface area contributed by atoms with Crippen LogP contribution in [0.25, 0.3) is 0 Å². The second-order valence-electron chi connectivity index (χ2n) is 3.92. The lowest BCUT2D eigenvalue weighted by Crippen LogP contribution is -2.28. The molecule has 1 N–H and O–H groups in total. The van der Waals surface area contributed by atoms with Gasteiger partial charge in [-0.2, -0.15) is 16.9 Å². The second-order valence-corrected chi connectivity index (χ2v) is 5.63. The van der Waals surface area contributed by atoms with Crippen molar-refractivity contribution < 1.29 is 0 Å². The second kappa shape index (κ2) is 6.67. The van der Waals surface area contributed by atoms with Gasteiger partial charge in [-0.25, -0.2) is 0 Å². The maximum atomic E-state index is 4.48. The normalized spacial score (nSPS) is 13.1. The van der Waals surface area contributed by atoms with Crippen LogP contribution in [0, 0.1) is 0 Å². The van der Waals surface area contributed by atoms with Gasteiger partial charge in [-0.15, -0.1) is 0 Å². The number of hydrogen-bond donors (Lipinski definition) is 1. The molecule has 0 aliphatic heterocycles. The molecule has 0 bridgehead atoms. The third-order valence-electron chi connectivity index (χ3n) is 2.54. The summed E-state index contributed by atoms with van der Waals surface area (Å²) in [5.41, 5.74) is 2.36. The molecule has 0 radical (unpaired) electrons. The summed E-state index contributed by atoms with van der Waals surface area (Å²) in [5.74, 6) is 1.14. The zero-order valence-corrected chi connectivity index (χ0v) is 12.8. The summed E-state index contributed by atoms with van der Waals surface area (Å²) in [6.45, 7) is 5.20. The predicted octanol–water partition coefficient (Wildman–Crippen LogP) is 2.59. The van der Waals surface area contributed by atoms with Crippen LogP contribution in [-0.4, -0.2) is 27.8 Å². The third kappa shape index (κ3) is 3.50. The van der Waals surface area contributed by atoms with Crippen LogP contribution in [0.3, 0.4) is 0 Å². The summed E-state index contributed by atoms with van der Waals surface area (Å²) in [4.78, 5) is 0. The molecule has 0 saturated heterocycles. The van der Waals surface area contributed by atoms with Gasteiger partial charge >= 0.3 is 0 Å². The molecular formula is C11H20BrN3S. The van der Waals surface area contributed by atoms with Crippen molar-refractivity contribution in [3.63, 3.8) is 0 Å². The van der Waals surface area contributed by atoms with Crippen LogP contribution >= 0.6 is 27.7 Å². The molecule has 1 heterocycles. The largest absolute Gasteiger partial charge is 0.308 e. The van der Waals surface area contributed by atoms with Gasteiger partial charge in [0.1, 0.15) is 0 Å². The van der Waals surface area contributed by atoms with Crippen molar-refractivity contribution >= 4 is 27.7 Å². The molecule has 0 saturated carbocycles. The molecule has 1 aromatic heterocycles. The monoisotopic (exact) mass is 305 g/mol. The van der Waals surface area contributed by atoms with Crippen molar-refractivity contribution in [3.8, 4) is 0 Å². The van der Waals surface area contributed by atoms with Gasteiger partial charge in [-0.3, -0.25) is 4.68 Å². The summed E-state index contributed by atoms with van der Waals surface area (Å²) in [6.07, 6.45) is 3.10. The highest BCUT2D eigenvalue weighted by molar-refractivity contribution is 9.10. The standard InChI is InChI=1S/C11H20BrN3S/c1-5-9-11(12)10(15(3)14-9)6-13-8(2)7-16-4/h8,13H,5-7H2,1-4H3. The molecule has 1 unspecified atom stereocenters. The number of hydrogen-bond acceptors (Lipinski definition) is 3. The quantitative estimate of drug-likeness (QED) is 0.876. The third-order valence-corrected chi connectivity index (χ3v) is 4.29. The highest BCUT2D eigenvalue weighted by Gasteiger charge is 2.12. The number of thioether (sulfide) groups is 1. The van der Waals surface area contributed by atoms with Gasteiger partial charge in [-0.1, -0.05) is 6.92 Å². The summed E-state index contributed by atoms with van der Waals surface area (Å²) in [6, 6.07) is 0.530. The van der Waals surface area contributed by atoms with Crippen molar-refractivity contribution in [3.05, 3.63) is 15.9 Å². The molecule has 3 nitrogen and oxygen atoms in total. The number of nitrogens with zero attached hydrogens (tertiary/aromatic N) is 2. The minimum Gasteiger partial charge on any atom is -0.308 e. The molecule has 0 aliphatic carbocycles. The van der Waals surface area contributed by atoms with Crippen molar-refractivity contribution in [2.24, 2.45) is 7.05 Å². The van der Waals surface area contributed by atoms with E-state index in [4.69, 9.17) is 0 Å². The van der Waals surface area contributed by atoms with Crippen LogP contribution < -0.4 is 5.32 Å². The Kier molecular flexibility index (Phi) is 5.86. The maximum Gasteiger partial charge on any atom is 0.0767 e. The average molecular weight is 306 g/mol. The van der Waals surface area contributed by atoms with E-state index in [1.54, 1.807) is 0 Å². The lowest BCUT2D eigenvalue weighted by Gasteiger charge is -2.12. The molecule has 5 heteroatoms. The Morgan fingerprint density at radius 3 is 2.75 bits per heavy atom. The summed E-state index contributed by atoms with van der Waals surface area (Å²) in [7, 11) is 2.00.